The van der Waals surface area contributed by atoms with E-state index in [1.54, 1.807) is 11.3 Å². The summed E-state index contributed by atoms with van der Waals surface area (Å²) in [4.78, 5) is 30.5. The third kappa shape index (κ3) is 3.76. The van der Waals surface area contributed by atoms with Gasteiger partial charge in [0.25, 0.3) is 5.91 Å². The second kappa shape index (κ2) is 8.18. The molecule has 1 N–H and O–H groups in total. The quantitative estimate of drug-likeness (QED) is 0.697. The van der Waals surface area contributed by atoms with Gasteiger partial charge in [0, 0.05) is 17.8 Å². The summed E-state index contributed by atoms with van der Waals surface area (Å²) < 4.78 is 0. The first-order valence-corrected chi connectivity index (χ1v) is 10.1. The van der Waals surface area contributed by atoms with Crippen LogP contribution >= 0.6 is 11.3 Å². The Kier molecular flexibility index (Phi) is 5.93. The van der Waals surface area contributed by atoms with Gasteiger partial charge >= 0.3 is 0 Å². The molecule has 0 aliphatic carbocycles. The predicted octanol–water partition coefficient (Wildman–Crippen LogP) is 1.50. The summed E-state index contributed by atoms with van der Waals surface area (Å²) in [6.45, 7) is 9.76. The summed E-state index contributed by atoms with van der Waals surface area (Å²) in [7, 11) is 0. The van der Waals surface area contributed by atoms with E-state index in [2.05, 4.69) is 29.2 Å². The highest BCUT2D eigenvalue weighted by Crippen LogP contribution is 2.38. The molecule has 1 atom stereocenters. The van der Waals surface area contributed by atoms with Gasteiger partial charge in [-0.2, -0.15) is 5.10 Å². The second-order valence-electron chi connectivity index (χ2n) is 6.59. The lowest BCUT2D eigenvalue weighted by atomic mass is 10.2. The molecule has 1 aromatic rings. The SMILES string of the molecule is CCN(CC)CCCNC(=O)CN1N=C(C)N2c3ccsc3CC2C1=O. The van der Waals surface area contributed by atoms with Crippen molar-refractivity contribution in [2.45, 2.75) is 39.7 Å². The number of hydrogen-bond acceptors (Lipinski definition) is 6. The van der Waals surface area contributed by atoms with E-state index in [0.717, 1.165) is 37.6 Å². The molecule has 0 spiro atoms. The molecule has 142 valence electrons. The second-order valence-corrected chi connectivity index (χ2v) is 7.59. The van der Waals surface area contributed by atoms with Crippen molar-refractivity contribution in [2.24, 2.45) is 5.10 Å². The van der Waals surface area contributed by atoms with Crippen LogP contribution < -0.4 is 10.2 Å². The number of hydrogen-bond donors (Lipinski definition) is 1. The molecule has 26 heavy (non-hydrogen) atoms. The van der Waals surface area contributed by atoms with Crippen molar-refractivity contribution in [3.63, 3.8) is 0 Å². The van der Waals surface area contributed by atoms with Gasteiger partial charge < -0.3 is 15.1 Å². The van der Waals surface area contributed by atoms with Crippen LogP contribution in [0, 0.1) is 0 Å². The van der Waals surface area contributed by atoms with Crippen LogP contribution in [-0.2, 0) is 16.0 Å². The number of anilines is 1. The van der Waals surface area contributed by atoms with Crippen LogP contribution in [-0.4, -0.2) is 66.3 Å². The molecule has 3 rings (SSSR count). The number of amides is 2. The molecule has 0 radical (unpaired) electrons. The molecule has 2 aliphatic heterocycles. The summed E-state index contributed by atoms with van der Waals surface area (Å²) in [6.07, 6.45) is 1.60. The fourth-order valence-corrected chi connectivity index (χ4v) is 4.46. The molecule has 1 aromatic heterocycles. The van der Waals surface area contributed by atoms with Gasteiger partial charge in [-0.05, 0) is 44.4 Å². The largest absolute Gasteiger partial charge is 0.354 e. The van der Waals surface area contributed by atoms with E-state index in [1.165, 1.54) is 9.89 Å². The van der Waals surface area contributed by atoms with E-state index >= 15 is 0 Å². The van der Waals surface area contributed by atoms with Crippen LogP contribution in [0.2, 0.25) is 0 Å². The molecule has 0 fully saturated rings. The van der Waals surface area contributed by atoms with Gasteiger partial charge in [0.05, 0.1) is 5.69 Å². The van der Waals surface area contributed by atoms with Gasteiger partial charge in [-0.1, -0.05) is 13.8 Å². The Morgan fingerprint density at radius 1 is 1.42 bits per heavy atom. The van der Waals surface area contributed by atoms with Gasteiger partial charge in [-0.25, -0.2) is 5.01 Å². The molecule has 1 unspecified atom stereocenters. The Hall–Kier alpha value is -1.93. The minimum absolute atomic E-state index is 0.0145. The predicted molar refractivity (Wildman–Crippen MR) is 105 cm³/mol. The Morgan fingerprint density at radius 3 is 2.92 bits per heavy atom. The number of carbonyl (C=O) groups excluding carboxylic acids is 2. The first kappa shape index (κ1) is 18.8. The summed E-state index contributed by atoms with van der Waals surface area (Å²) in [5, 5.41) is 10.6. The summed E-state index contributed by atoms with van der Waals surface area (Å²) in [6, 6.07) is 1.77. The number of nitrogens with zero attached hydrogens (tertiary/aromatic N) is 4. The van der Waals surface area contributed by atoms with Crippen molar-refractivity contribution in [2.75, 3.05) is 37.6 Å². The molecule has 0 aromatic carbocycles. The average Bonchev–Trinajstić information content (AvgIpc) is 3.20. The monoisotopic (exact) mass is 377 g/mol. The van der Waals surface area contributed by atoms with Gasteiger partial charge in [0.1, 0.15) is 18.4 Å². The fourth-order valence-electron chi connectivity index (χ4n) is 3.55. The summed E-state index contributed by atoms with van der Waals surface area (Å²) in [5.41, 5.74) is 1.08. The van der Waals surface area contributed by atoms with Gasteiger partial charge in [-0.3, -0.25) is 9.59 Å². The van der Waals surface area contributed by atoms with Crippen LogP contribution in [0.1, 0.15) is 32.1 Å². The highest BCUT2D eigenvalue weighted by atomic mass is 32.1. The average molecular weight is 378 g/mol. The lowest BCUT2D eigenvalue weighted by Gasteiger charge is -2.34. The number of hydrazone groups is 1. The number of amidine groups is 1. The Morgan fingerprint density at radius 2 is 2.19 bits per heavy atom. The summed E-state index contributed by atoms with van der Waals surface area (Å²) in [5.74, 6) is 0.508. The van der Waals surface area contributed by atoms with Crippen molar-refractivity contribution >= 4 is 34.7 Å². The van der Waals surface area contributed by atoms with Crippen molar-refractivity contribution in [1.82, 2.24) is 15.2 Å². The smallest absolute Gasteiger partial charge is 0.266 e. The van der Waals surface area contributed by atoms with Crippen molar-refractivity contribution in [3.05, 3.63) is 16.3 Å². The van der Waals surface area contributed by atoms with Crippen LogP contribution in [0.25, 0.3) is 0 Å². The normalized spacial score (nSPS) is 18.8. The van der Waals surface area contributed by atoms with Gasteiger partial charge in [0.2, 0.25) is 5.91 Å². The third-order valence-corrected chi connectivity index (χ3v) is 5.92. The standard InChI is InChI=1S/C18H27N5O2S/c1-4-21(5-2)9-6-8-19-17(24)12-22-18(25)15-11-16-14(7-10-26-16)23(15)13(3)20-22/h7,10,15H,4-6,8-9,11-12H2,1-3H3,(H,19,24). The number of fused-ring (bicyclic) bond motifs is 3. The molecule has 0 saturated carbocycles. The minimum atomic E-state index is -0.259. The summed E-state index contributed by atoms with van der Waals surface area (Å²) >= 11 is 1.67. The molecule has 8 heteroatoms. The van der Waals surface area contributed by atoms with Crippen molar-refractivity contribution < 1.29 is 9.59 Å². The zero-order valence-electron chi connectivity index (χ0n) is 15.7. The van der Waals surface area contributed by atoms with Gasteiger partial charge in [-0.15, -0.1) is 11.3 Å². The van der Waals surface area contributed by atoms with E-state index in [0.29, 0.717) is 13.0 Å². The van der Waals surface area contributed by atoms with Gasteiger partial charge in [0.15, 0.2) is 0 Å². The third-order valence-electron chi connectivity index (χ3n) is 4.99. The molecular formula is C18H27N5O2S. The molecule has 2 amide bonds. The van der Waals surface area contributed by atoms with E-state index in [1.807, 2.05) is 23.3 Å². The van der Waals surface area contributed by atoms with Crippen LogP contribution in [0.5, 0.6) is 0 Å². The molecule has 3 heterocycles. The van der Waals surface area contributed by atoms with E-state index in [4.69, 9.17) is 0 Å². The van der Waals surface area contributed by atoms with Crippen LogP contribution in [0.4, 0.5) is 5.69 Å². The topological polar surface area (TPSA) is 68.2 Å². The maximum atomic E-state index is 12.7. The van der Waals surface area contributed by atoms with Crippen LogP contribution in [0.15, 0.2) is 16.5 Å². The maximum absolute atomic E-state index is 12.7. The first-order valence-electron chi connectivity index (χ1n) is 9.26. The number of rotatable bonds is 8. The maximum Gasteiger partial charge on any atom is 0.266 e. The first-order chi connectivity index (χ1) is 12.5. The molecule has 0 saturated heterocycles. The number of nitrogens with one attached hydrogen (secondary N) is 1. The fraction of sp³-hybridized carbons (Fsp3) is 0.611. The van der Waals surface area contributed by atoms with Crippen molar-refractivity contribution in [1.29, 1.82) is 0 Å². The Bertz CT molecular complexity index is 698. The van der Waals surface area contributed by atoms with E-state index in [9.17, 15) is 9.59 Å². The molecule has 2 aliphatic rings. The lowest BCUT2D eigenvalue weighted by Crippen LogP contribution is -2.54. The zero-order chi connectivity index (χ0) is 18.7. The molecular weight excluding hydrogens is 350 g/mol. The van der Waals surface area contributed by atoms with E-state index < -0.39 is 0 Å². The Balaban J connectivity index is 1.52. The highest BCUT2D eigenvalue weighted by Gasteiger charge is 2.42. The van der Waals surface area contributed by atoms with Crippen LogP contribution in [0.3, 0.4) is 0 Å². The minimum Gasteiger partial charge on any atom is -0.354 e. The highest BCUT2D eigenvalue weighted by molar-refractivity contribution is 7.10. The number of carbonyl (C=O) groups is 2. The lowest BCUT2D eigenvalue weighted by molar-refractivity contribution is -0.137. The zero-order valence-corrected chi connectivity index (χ0v) is 16.5. The van der Waals surface area contributed by atoms with E-state index in [-0.39, 0.29) is 24.4 Å². The number of thiophene rings is 1. The molecule has 7 nitrogen and oxygen atoms in total. The van der Waals surface area contributed by atoms with Crippen molar-refractivity contribution in [3.8, 4) is 0 Å². The Labute approximate surface area is 158 Å². The molecule has 0 bridgehead atoms.